The molecule has 4 heteroatoms. The van der Waals surface area contributed by atoms with Crippen LogP contribution >= 0.6 is 0 Å². The van der Waals surface area contributed by atoms with Gasteiger partial charge in [-0.1, -0.05) is 12.1 Å². The average Bonchev–Trinajstić information content (AvgIpc) is 2.81. The first-order chi connectivity index (χ1) is 8.76. The van der Waals surface area contributed by atoms with E-state index in [4.69, 9.17) is 4.74 Å². The zero-order valence-corrected chi connectivity index (χ0v) is 9.80. The fraction of sp³-hybridized carbons (Fsp3) is 0.0714. The van der Waals surface area contributed by atoms with Crippen LogP contribution in [0.3, 0.4) is 0 Å². The fourth-order valence-electron chi connectivity index (χ4n) is 1.89. The number of nitrogens with zero attached hydrogens (tertiary/aromatic N) is 2. The molecular formula is C14H11FN2O. The smallest absolute Gasteiger partial charge is 0.139 e. The Kier molecular flexibility index (Phi) is 2.48. The molecule has 0 saturated heterocycles. The predicted octanol–water partition coefficient (Wildman–Crippen LogP) is 3.15. The quantitative estimate of drug-likeness (QED) is 0.690. The average molecular weight is 242 g/mol. The number of hydrogen-bond donors (Lipinski definition) is 0. The molecule has 3 nitrogen and oxygen atoms in total. The number of hydrogen-bond acceptors (Lipinski definition) is 2. The van der Waals surface area contributed by atoms with E-state index in [1.54, 1.807) is 23.8 Å². The first kappa shape index (κ1) is 10.8. The summed E-state index contributed by atoms with van der Waals surface area (Å²) in [5.41, 5.74) is 2.45. The van der Waals surface area contributed by atoms with Crippen LogP contribution in [0.4, 0.5) is 4.39 Å². The van der Waals surface area contributed by atoms with Gasteiger partial charge in [-0.2, -0.15) is 0 Å². The molecule has 0 spiro atoms. The predicted molar refractivity (Wildman–Crippen MR) is 67.1 cm³/mol. The van der Waals surface area contributed by atoms with Crippen LogP contribution < -0.4 is 4.74 Å². The Morgan fingerprint density at radius 2 is 2.06 bits per heavy atom. The van der Waals surface area contributed by atoms with Crippen molar-refractivity contribution >= 4 is 5.65 Å². The van der Waals surface area contributed by atoms with Crippen molar-refractivity contribution in [2.24, 2.45) is 0 Å². The van der Waals surface area contributed by atoms with Crippen LogP contribution in [0, 0.1) is 5.82 Å². The molecule has 0 N–H and O–H groups in total. The summed E-state index contributed by atoms with van der Waals surface area (Å²) in [6, 6.07) is 10.7. The lowest BCUT2D eigenvalue weighted by atomic mass is 10.1. The Morgan fingerprint density at radius 1 is 1.17 bits per heavy atom. The molecule has 0 aliphatic heterocycles. The highest BCUT2D eigenvalue weighted by atomic mass is 19.1. The van der Waals surface area contributed by atoms with Gasteiger partial charge in [0.25, 0.3) is 0 Å². The van der Waals surface area contributed by atoms with Gasteiger partial charge in [0.2, 0.25) is 0 Å². The van der Waals surface area contributed by atoms with Crippen molar-refractivity contribution in [1.82, 2.24) is 9.38 Å². The maximum Gasteiger partial charge on any atom is 0.139 e. The minimum absolute atomic E-state index is 0.280. The lowest BCUT2D eigenvalue weighted by Crippen LogP contribution is -1.83. The molecule has 3 rings (SSSR count). The van der Waals surface area contributed by atoms with Gasteiger partial charge < -0.3 is 9.14 Å². The number of ether oxygens (including phenoxy) is 1. The molecule has 0 saturated carbocycles. The standard InChI is InChI=1S/C14H11FN2O/c1-18-12-4-2-3-10(7-12)13-9-17-8-11(15)5-6-14(17)16-13/h2-9H,1H3. The Bertz CT molecular complexity index is 706. The first-order valence-corrected chi connectivity index (χ1v) is 5.55. The van der Waals surface area contributed by atoms with E-state index in [1.807, 2.05) is 24.3 Å². The number of halogens is 1. The van der Waals surface area contributed by atoms with Crippen LogP contribution in [0.2, 0.25) is 0 Å². The Labute approximate surface area is 103 Å². The SMILES string of the molecule is COc1cccc(-c2cn3cc(F)ccc3n2)c1. The van der Waals surface area contributed by atoms with Gasteiger partial charge in [0.15, 0.2) is 0 Å². The fourth-order valence-corrected chi connectivity index (χ4v) is 1.89. The summed E-state index contributed by atoms with van der Waals surface area (Å²) in [6.07, 6.45) is 3.21. The monoisotopic (exact) mass is 242 g/mol. The summed E-state index contributed by atoms with van der Waals surface area (Å²) >= 11 is 0. The van der Waals surface area contributed by atoms with E-state index in [0.29, 0.717) is 5.65 Å². The summed E-state index contributed by atoms with van der Waals surface area (Å²) in [4.78, 5) is 4.44. The van der Waals surface area contributed by atoms with Gasteiger partial charge >= 0.3 is 0 Å². The second kappa shape index (κ2) is 4.14. The number of fused-ring (bicyclic) bond motifs is 1. The molecule has 0 fully saturated rings. The van der Waals surface area contributed by atoms with Crippen molar-refractivity contribution in [1.29, 1.82) is 0 Å². The van der Waals surface area contributed by atoms with Crippen molar-refractivity contribution in [3.05, 3.63) is 54.6 Å². The highest BCUT2D eigenvalue weighted by Crippen LogP contribution is 2.23. The molecule has 2 heterocycles. The third-order valence-corrected chi connectivity index (χ3v) is 2.78. The summed E-state index contributed by atoms with van der Waals surface area (Å²) in [5.74, 6) is 0.493. The number of rotatable bonds is 2. The van der Waals surface area contributed by atoms with Crippen molar-refractivity contribution in [2.45, 2.75) is 0 Å². The normalized spacial score (nSPS) is 10.8. The molecule has 0 atom stereocenters. The highest BCUT2D eigenvalue weighted by molar-refractivity contribution is 5.64. The second-order valence-electron chi connectivity index (χ2n) is 3.97. The van der Waals surface area contributed by atoms with Crippen LogP contribution in [0.5, 0.6) is 5.75 Å². The number of aromatic nitrogens is 2. The van der Waals surface area contributed by atoms with Gasteiger partial charge in [0, 0.05) is 18.0 Å². The lowest BCUT2D eigenvalue weighted by Gasteiger charge is -2.00. The number of methoxy groups -OCH3 is 1. The van der Waals surface area contributed by atoms with Crippen molar-refractivity contribution in [2.75, 3.05) is 7.11 Å². The molecule has 2 aromatic heterocycles. The van der Waals surface area contributed by atoms with Crippen LogP contribution in [-0.2, 0) is 0 Å². The van der Waals surface area contributed by atoms with Gasteiger partial charge in [-0.25, -0.2) is 9.37 Å². The van der Waals surface area contributed by atoms with E-state index in [2.05, 4.69) is 4.98 Å². The van der Waals surface area contributed by atoms with Gasteiger partial charge in [0.1, 0.15) is 17.2 Å². The third-order valence-electron chi connectivity index (χ3n) is 2.78. The van der Waals surface area contributed by atoms with E-state index in [0.717, 1.165) is 17.0 Å². The van der Waals surface area contributed by atoms with Gasteiger partial charge in [0.05, 0.1) is 12.8 Å². The second-order valence-corrected chi connectivity index (χ2v) is 3.97. The molecule has 0 unspecified atom stereocenters. The van der Waals surface area contributed by atoms with Crippen LogP contribution in [0.1, 0.15) is 0 Å². The first-order valence-electron chi connectivity index (χ1n) is 5.55. The van der Waals surface area contributed by atoms with Crippen molar-refractivity contribution in [3.8, 4) is 17.0 Å². The topological polar surface area (TPSA) is 26.5 Å². The zero-order valence-electron chi connectivity index (χ0n) is 9.80. The van der Waals surface area contributed by atoms with E-state index in [1.165, 1.54) is 12.3 Å². The molecule has 18 heavy (non-hydrogen) atoms. The third kappa shape index (κ3) is 1.82. The van der Waals surface area contributed by atoms with Gasteiger partial charge in [-0.05, 0) is 24.3 Å². The summed E-state index contributed by atoms with van der Waals surface area (Å²) in [7, 11) is 1.62. The highest BCUT2D eigenvalue weighted by Gasteiger charge is 2.05. The van der Waals surface area contributed by atoms with Crippen LogP contribution in [0.25, 0.3) is 16.9 Å². The largest absolute Gasteiger partial charge is 0.497 e. The van der Waals surface area contributed by atoms with E-state index < -0.39 is 0 Å². The molecule has 3 aromatic rings. The van der Waals surface area contributed by atoms with Gasteiger partial charge in [-0.15, -0.1) is 0 Å². The molecule has 90 valence electrons. The minimum Gasteiger partial charge on any atom is -0.497 e. The minimum atomic E-state index is -0.280. The van der Waals surface area contributed by atoms with E-state index in [-0.39, 0.29) is 5.82 Å². The summed E-state index contributed by atoms with van der Waals surface area (Å²) in [5, 5.41) is 0. The molecule has 0 bridgehead atoms. The summed E-state index contributed by atoms with van der Waals surface area (Å²) in [6.45, 7) is 0. The maximum atomic E-state index is 13.1. The molecule has 0 aliphatic rings. The zero-order chi connectivity index (χ0) is 12.5. The molecule has 0 radical (unpaired) electrons. The van der Waals surface area contributed by atoms with Gasteiger partial charge in [-0.3, -0.25) is 0 Å². The summed E-state index contributed by atoms with van der Waals surface area (Å²) < 4.78 is 19.9. The Morgan fingerprint density at radius 3 is 2.89 bits per heavy atom. The van der Waals surface area contributed by atoms with E-state index in [9.17, 15) is 4.39 Å². The lowest BCUT2D eigenvalue weighted by molar-refractivity contribution is 0.415. The Balaban J connectivity index is 2.13. The number of pyridine rings is 1. The Hall–Kier alpha value is -2.36. The van der Waals surface area contributed by atoms with E-state index >= 15 is 0 Å². The number of imidazole rings is 1. The van der Waals surface area contributed by atoms with Crippen LogP contribution in [-0.4, -0.2) is 16.5 Å². The van der Waals surface area contributed by atoms with Crippen molar-refractivity contribution in [3.63, 3.8) is 0 Å². The molecule has 0 amide bonds. The number of benzene rings is 1. The molecule has 1 aromatic carbocycles. The van der Waals surface area contributed by atoms with Crippen LogP contribution in [0.15, 0.2) is 48.8 Å². The molecule has 0 aliphatic carbocycles. The molecular weight excluding hydrogens is 231 g/mol. The maximum absolute atomic E-state index is 13.1. The van der Waals surface area contributed by atoms with Crippen molar-refractivity contribution < 1.29 is 9.13 Å².